The minimum absolute atomic E-state index is 0.130. The molecule has 1 aliphatic heterocycles. The fraction of sp³-hybridized carbons (Fsp3) is 0.174. The lowest BCUT2D eigenvalue weighted by Crippen LogP contribution is -2.46. The van der Waals surface area contributed by atoms with E-state index in [0.717, 1.165) is 5.56 Å². The molecule has 2 aromatic carbocycles. The van der Waals surface area contributed by atoms with Crippen LogP contribution < -0.4 is 10.1 Å². The average molecular weight is 420 g/mol. The number of benzene rings is 2. The van der Waals surface area contributed by atoms with Gasteiger partial charge in [-0.15, -0.1) is 6.58 Å². The van der Waals surface area contributed by atoms with E-state index < -0.39 is 11.9 Å². The third-order valence-corrected chi connectivity index (χ3v) is 5.11. The Balaban J connectivity index is 1.80. The van der Waals surface area contributed by atoms with E-state index in [0.29, 0.717) is 23.4 Å². The highest BCUT2D eigenvalue weighted by Crippen LogP contribution is 2.37. The molecule has 158 valence electrons. The van der Waals surface area contributed by atoms with E-state index in [1.54, 1.807) is 17.0 Å². The van der Waals surface area contributed by atoms with Crippen LogP contribution >= 0.6 is 0 Å². The Hall–Kier alpha value is -3.94. The number of amides is 2. The first-order chi connectivity index (χ1) is 15.0. The van der Waals surface area contributed by atoms with Crippen LogP contribution in [0.4, 0.5) is 9.18 Å². The largest absolute Gasteiger partial charge is 0.494 e. The molecule has 1 aliphatic rings. The summed E-state index contributed by atoms with van der Waals surface area (Å²) in [5, 5.41) is 7.03. The zero-order valence-electron chi connectivity index (χ0n) is 17.1. The van der Waals surface area contributed by atoms with Gasteiger partial charge in [-0.2, -0.15) is 4.98 Å². The summed E-state index contributed by atoms with van der Waals surface area (Å²) in [7, 11) is 1.40. The molecule has 4 rings (SSSR count). The number of carbonyl (C=O) groups excluding carboxylic acids is 1. The number of hydrogen-bond acceptors (Lipinski definition) is 5. The van der Waals surface area contributed by atoms with Crippen molar-refractivity contribution in [2.24, 2.45) is 0 Å². The summed E-state index contributed by atoms with van der Waals surface area (Å²) in [6.45, 7) is 5.87. The van der Waals surface area contributed by atoms with Crippen LogP contribution in [0.5, 0.6) is 5.75 Å². The number of methoxy groups -OCH3 is 1. The Morgan fingerprint density at radius 1 is 1.29 bits per heavy atom. The lowest BCUT2D eigenvalue weighted by molar-refractivity contribution is 0.209. The quantitative estimate of drug-likeness (QED) is 0.591. The van der Waals surface area contributed by atoms with Crippen molar-refractivity contribution in [3.05, 3.63) is 84.2 Å². The Bertz CT molecular complexity index is 1160. The molecule has 0 spiro atoms. The van der Waals surface area contributed by atoms with Crippen molar-refractivity contribution < 1.29 is 18.4 Å². The summed E-state index contributed by atoms with van der Waals surface area (Å²) in [4.78, 5) is 18.7. The van der Waals surface area contributed by atoms with Gasteiger partial charge in [0.2, 0.25) is 5.82 Å². The van der Waals surface area contributed by atoms with Crippen LogP contribution in [0.2, 0.25) is 0 Å². The third kappa shape index (κ3) is 3.79. The number of aromatic nitrogens is 2. The maximum atomic E-state index is 14.1. The zero-order chi connectivity index (χ0) is 22.0. The fourth-order valence-corrected chi connectivity index (χ4v) is 3.56. The van der Waals surface area contributed by atoms with Crippen molar-refractivity contribution in [3.63, 3.8) is 0 Å². The number of halogens is 1. The molecular formula is C23H21FN4O3. The predicted molar refractivity (Wildman–Crippen MR) is 113 cm³/mol. The van der Waals surface area contributed by atoms with Gasteiger partial charge in [-0.05, 0) is 30.7 Å². The topological polar surface area (TPSA) is 80.5 Å². The molecule has 31 heavy (non-hydrogen) atoms. The highest BCUT2D eigenvalue weighted by molar-refractivity contribution is 5.87. The standard InChI is InChI=1S/C23H21FN4O3/c1-4-12-28-14(2)19(20(25-23(28)29)15-8-6-5-7-9-15)22-26-21(27-31-22)16-10-11-18(30-3)17(24)13-16/h4-11,13,20H,1,12H2,2-3H3,(H,25,29). The number of nitrogens with one attached hydrogen (secondary N) is 1. The number of urea groups is 1. The molecule has 0 bridgehead atoms. The Morgan fingerprint density at radius 3 is 2.74 bits per heavy atom. The lowest BCUT2D eigenvalue weighted by atomic mass is 9.95. The van der Waals surface area contributed by atoms with Gasteiger partial charge in [0.05, 0.1) is 18.7 Å². The molecule has 1 atom stereocenters. The number of hydrogen-bond donors (Lipinski definition) is 1. The third-order valence-electron chi connectivity index (χ3n) is 5.11. The number of carbonyl (C=O) groups is 1. The minimum Gasteiger partial charge on any atom is -0.494 e. The molecule has 1 N–H and O–H groups in total. The van der Waals surface area contributed by atoms with Gasteiger partial charge in [0.25, 0.3) is 5.89 Å². The summed E-state index contributed by atoms with van der Waals surface area (Å²) in [5.41, 5.74) is 2.67. The summed E-state index contributed by atoms with van der Waals surface area (Å²) in [6.07, 6.45) is 1.64. The van der Waals surface area contributed by atoms with Crippen LogP contribution in [-0.4, -0.2) is 34.7 Å². The fourth-order valence-electron chi connectivity index (χ4n) is 3.56. The van der Waals surface area contributed by atoms with E-state index in [9.17, 15) is 9.18 Å². The zero-order valence-corrected chi connectivity index (χ0v) is 17.1. The van der Waals surface area contributed by atoms with Crippen molar-refractivity contribution in [3.8, 4) is 17.1 Å². The first kappa shape index (κ1) is 20.3. The number of nitrogens with zero attached hydrogens (tertiary/aromatic N) is 3. The highest BCUT2D eigenvalue weighted by atomic mass is 19.1. The van der Waals surface area contributed by atoms with Gasteiger partial charge in [-0.25, -0.2) is 9.18 Å². The van der Waals surface area contributed by atoms with Gasteiger partial charge in [0, 0.05) is 17.8 Å². The van der Waals surface area contributed by atoms with E-state index in [1.807, 2.05) is 37.3 Å². The molecule has 0 radical (unpaired) electrons. The number of ether oxygens (including phenoxy) is 1. The Labute approximate surface area is 178 Å². The summed E-state index contributed by atoms with van der Waals surface area (Å²) < 4.78 is 24.7. The van der Waals surface area contributed by atoms with Gasteiger partial charge in [0.1, 0.15) is 0 Å². The maximum absolute atomic E-state index is 14.1. The molecule has 1 aromatic heterocycles. The highest BCUT2D eigenvalue weighted by Gasteiger charge is 2.35. The van der Waals surface area contributed by atoms with E-state index in [2.05, 4.69) is 22.0 Å². The van der Waals surface area contributed by atoms with Crippen LogP contribution in [0, 0.1) is 5.82 Å². The van der Waals surface area contributed by atoms with Crippen molar-refractivity contribution in [1.29, 1.82) is 0 Å². The average Bonchev–Trinajstić information content (AvgIpc) is 3.26. The molecule has 8 heteroatoms. The second-order valence-electron chi connectivity index (χ2n) is 6.96. The lowest BCUT2D eigenvalue weighted by Gasteiger charge is -2.34. The van der Waals surface area contributed by atoms with Gasteiger partial charge in [0.15, 0.2) is 11.6 Å². The van der Waals surface area contributed by atoms with Crippen LogP contribution in [-0.2, 0) is 0 Å². The summed E-state index contributed by atoms with van der Waals surface area (Å²) in [6, 6.07) is 13.2. The molecule has 0 saturated heterocycles. The number of rotatable bonds is 6. The molecule has 1 unspecified atom stereocenters. The monoisotopic (exact) mass is 420 g/mol. The first-order valence-corrected chi connectivity index (χ1v) is 9.66. The maximum Gasteiger partial charge on any atom is 0.322 e. The van der Waals surface area contributed by atoms with Crippen LogP contribution in [0.15, 0.2) is 71.4 Å². The molecule has 0 saturated carbocycles. The normalized spacial score (nSPS) is 16.3. The second-order valence-corrected chi connectivity index (χ2v) is 6.96. The van der Waals surface area contributed by atoms with E-state index >= 15 is 0 Å². The van der Waals surface area contributed by atoms with Crippen LogP contribution in [0.25, 0.3) is 17.0 Å². The molecular weight excluding hydrogens is 399 g/mol. The van der Waals surface area contributed by atoms with Crippen LogP contribution in [0.3, 0.4) is 0 Å². The van der Waals surface area contributed by atoms with Crippen molar-refractivity contribution in [1.82, 2.24) is 20.4 Å². The predicted octanol–water partition coefficient (Wildman–Crippen LogP) is 4.57. The molecule has 2 amide bonds. The van der Waals surface area contributed by atoms with Crippen molar-refractivity contribution >= 4 is 11.6 Å². The SMILES string of the molecule is C=CCN1C(=O)NC(c2ccccc2)C(c2nc(-c3ccc(OC)c(F)c3)no2)=C1C. The van der Waals surface area contributed by atoms with Crippen molar-refractivity contribution in [2.75, 3.05) is 13.7 Å². The molecule has 0 fully saturated rings. The van der Waals surface area contributed by atoms with E-state index in [1.165, 1.54) is 19.2 Å². The molecule has 3 aromatic rings. The van der Waals surface area contributed by atoms with Gasteiger partial charge < -0.3 is 14.6 Å². The smallest absolute Gasteiger partial charge is 0.322 e. The Kier molecular flexibility index (Phi) is 5.53. The molecule has 0 aliphatic carbocycles. The van der Waals surface area contributed by atoms with Gasteiger partial charge in [-0.1, -0.05) is 41.6 Å². The summed E-state index contributed by atoms with van der Waals surface area (Å²) in [5.74, 6) is 0.0821. The van der Waals surface area contributed by atoms with Crippen LogP contribution in [0.1, 0.15) is 24.4 Å². The van der Waals surface area contributed by atoms with E-state index in [-0.39, 0.29) is 23.5 Å². The molecule has 2 heterocycles. The van der Waals surface area contributed by atoms with E-state index in [4.69, 9.17) is 9.26 Å². The first-order valence-electron chi connectivity index (χ1n) is 9.66. The van der Waals surface area contributed by atoms with Gasteiger partial charge in [-0.3, -0.25) is 4.90 Å². The summed E-state index contributed by atoms with van der Waals surface area (Å²) >= 11 is 0. The minimum atomic E-state index is -0.522. The van der Waals surface area contributed by atoms with Gasteiger partial charge >= 0.3 is 6.03 Å². The molecule has 7 nitrogen and oxygen atoms in total. The second kappa shape index (κ2) is 8.43. The number of allylic oxidation sites excluding steroid dienone is 1. The Morgan fingerprint density at radius 2 is 2.06 bits per heavy atom. The van der Waals surface area contributed by atoms with Crippen molar-refractivity contribution in [2.45, 2.75) is 13.0 Å².